The molecule has 3 rings (SSSR count). The molecule has 0 aliphatic heterocycles. The number of carbonyl (C=O) groups is 1. The Morgan fingerprint density at radius 3 is 2.88 bits per heavy atom. The Hall–Kier alpha value is -2.15. The Bertz CT molecular complexity index is 671. The Balaban J connectivity index is 1.57. The number of ether oxygens (including phenoxy) is 1. The number of thiazole rings is 1. The van der Waals surface area contributed by atoms with Crippen molar-refractivity contribution in [2.75, 3.05) is 0 Å². The molecule has 2 heterocycles. The average molecular weight is 346 g/mol. The van der Waals surface area contributed by atoms with Crippen LogP contribution in [0.4, 0.5) is 4.79 Å². The third kappa shape index (κ3) is 4.44. The molecule has 0 spiro atoms. The molecule has 7 heteroatoms. The number of nitrogens with zero attached hydrogens (tertiary/aromatic N) is 2. The lowest BCUT2D eigenvalue weighted by molar-refractivity contribution is 0.227. The van der Waals surface area contributed by atoms with Gasteiger partial charge in [-0.1, -0.05) is 6.07 Å². The van der Waals surface area contributed by atoms with Crippen LogP contribution >= 0.6 is 11.3 Å². The average Bonchev–Trinajstić information content (AvgIpc) is 3.25. The van der Waals surface area contributed by atoms with Crippen molar-refractivity contribution in [1.82, 2.24) is 20.6 Å². The van der Waals surface area contributed by atoms with Crippen LogP contribution in [0.25, 0.3) is 0 Å². The van der Waals surface area contributed by atoms with Gasteiger partial charge in [0.25, 0.3) is 0 Å². The topological polar surface area (TPSA) is 76.1 Å². The van der Waals surface area contributed by atoms with Crippen LogP contribution in [0.3, 0.4) is 0 Å². The molecule has 1 atom stereocenters. The molecular weight excluding hydrogens is 324 g/mol. The standard InChI is InChI=1S/C17H22N4O2S/c1-11(2)23-15-13(4-3-7-18-15)10-20-17(22)21-14(12-5-6-12)16-19-8-9-24-16/h3-4,7-9,11-12,14H,5-6,10H2,1-2H3,(H2,20,21,22)/t14-/m0/s1. The Labute approximate surface area is 145 Å². The molecule has 1 saturated carbocycles. The van der Waals surface area contributed by atoms with Crippen LogP contribution in [0.5, 0.6) is 5.88 Å². The van der Waals surface area contributed by atoms with E-state index < -0.39 is 0 Å². The monoisotopic (exact) mass is 346 g/mol. The fourth-order valence-corrected chi connectivity index (χ4v) is 3.24. The van der Waals surface area contributed by atoms with Gasteiger partial charge in [-0.15, -0.1) is 11.3 Å². The molecule has 2 amide bonds. The number of carbonyl (C=O) groups excluding carboxylic acids is 1. The van der Waals surface area contributed by atoms with Crippen molar-refractivity contribution in [3.05, 3.63) is 40.5 Å². The first-order valence-electron chi connectivity index (χ1n) is 8.18. The van der Waals surface area contributed by atoms with E-state index in [1.54, 1.807) is 23.7 Å². The summed E-state index contributed by atoms with van der Waals surface area (Å²) < 4.78 is 5.67. The van der Waals surface area contributed by atoms with Crippen molar-refractivity contribution in [2.24, 2.45) is 5.92 Å². The molecule has 2 aromatic rings. The van der Waals surface area contributed by atoms with Gasteiger partial charge in [-0.25, -0.2) is 14.8 Å². The second kappa shape index (κ2) is 7.61. The third-order valence-electron chi connectivity index (χ3n) is 3.73. The van der Waals surface area contributed by atoms with Gasteiger partial charge in [-0.05, 0) is 38.7 Å². The number of rotatable bonds is 7. The zero-order valence-corrected chi connectivity index (χ0v) is 14.7. The van der Waals surface area contributed by atoms with E-state index in [1.165, 1.54) is 0 Å². The number of aromatic nitrogens is 2. The maximum Gasteiger partial charge on any atom is 0.315 e. The first-order chi connectivity index (χ1) is 11.6. The van der Waals surface area contributed by atoms with Gasteiger partial charge in [-0.2, -0.15) is 0 Å². The fourth-order valence-electron chi connectivity index (χ4n) is 2.45. The van der Waals surface area contributed by atoms with Crippen molar-refractivity contribution in [3.8, 4) is 5.88 Å². The Kier molecular flexibility index (Phi) is 5.30. The van der Waals surface area contributed by atoms with E-state index in [0.717, 1.165) is 23.4 Å². The lowest BCUT2D eigenvalue weighted by Crippen LogP contribution is -2.38. The van der Waals surface area contributed by atoms with E-state index in [-0.39, 0.29) is 18.2 Å². The summed E-state index contributed by atoms with van der Waals surface area (Å²) in [5.74, 6) is 1.06. The summed E-state index contributed by atoms with van der Waals surface area (Å²) >= 11 is 1.58. The SMILES string of the molecule is CC(C)Oc1ncccc1CNC(=O)N[C@H](c1nccs1)C1CC1. The van der Waals surface area contributed by atoms with E-state index in [0.29, 0.717) is 18.3 Å². The van der Waals surface area contributed by atoms with Crippen molar-refractivity contribution < 1.29 is 9.53 Å². The second-order valence-electron chi connectivity index (χ2n) is 6.15. The van der Waals surface area contributed by atoms with Gasteiger partial charge in [0.1, 0.15) is 5.01 Å². The van der Waals surface area contributed by atoms with Gasteiger partial charge < -0.3 is 15.4 Å². The van der Waals surface area contributed by atoms with Crippen molar-refractivity contribution in [1.29, 1.82) is 0 Å². The van der Waals surface area contributed by atoms with Crippen molar-refractivity contribution >= 4 is 17.4 Å². The first kappa shape index (κ1) is 16.7. The lowest BCUT2D eigenvalue weighted by atomic mass is 10.2. The van der Waals surface area contributed by atoms with E-state index in [9.17, 15) is 4.79 Å². The quantitative estimate of drug-likeness (QED) is 0.807. The molecule has 0 aromatic carbocycles. The highest BCUT2D eigenvalue weighted by Crippen LogP contribution is 2.41. The van der Waals surface area contributed by atoms with Crippen LogP contribution in [0, 0.1) is 5.92 Å². The van der Waals surface area contributed by atoms with Gasteiger partial charge >= 0.3 is 6.03 Å². The predicted octanol–water partition coefficient (Wildman–Crippen LogP) is 3.28. The van der Waals surface area contributed by atoms with E-state index in [1.807, 2.05) is 31.4 Å². The molecule has 2 N–H and O–H groups in total. The van der Waals surface area contributed by atoms with Gasteiger partial charge in [0.05, 0.1) is 12.1 Å². The molecular formula is C17H22N4O2S. The first-order valence-corrected chi connectivity index (χ1v) is 9.05. The van der Waals surface area contributed by atoms with Gasteiger partial charge in [-0.3, -0.25) is 0 Å². The molecule has 1 aliphatic carbocycles. The molecule has 2 aromatic heterocycles. The number of amides is 2. The number of urea groups is 1. The maximum absolute atomic E-state index is 12.3. The van der Waals surface area contributed by atoms with E-state index in [2.05, 4.69) is 20.6 Å². The molecule has 0 unspecified atom stereocenters. The minimum absolute atomic E-state index is 0.00489. The maximum atomic E-state index is 12.3. The summed E-state index contributed by atoms with van der Waals surface area (Å²) in [6.07, 6.45) is 5.78. The molecule has 0 bridgehead atoms. The zero-order chi connectivity index (χ0) is 16.9. The van der Waals surface area contributed by atoms with Crippen LogP contribution in [-0.4, -0.2) is 22.1 Å². The Morgan fingerprint density at radius 2 is 2.21 bits per heavy atom. The summed E-state index contributed by atoms with van der Waals surface area (Å²) in [7, 11) is 0. The highest BCUT2D eigenvalue weighted by Gasteiger charge is 2.34. The number of pyridine rings is 1. The molecule has 0 saturated heterocycles. The molecule has 6 nitrogen and oxygen atoms in total. The molecule has 0 radical (unpaired) electrons. The van der Waals surface area contributed by atoms with E-state index in [4.69, 9.17) is 4.74 Å². The smallest absolute Gasteiger partial charge is 0.315 e. The summed E-state index contributed by atoms with van der Waals surface area (Å²) in [6.45, 7) is 4.27. The largest absolute Gasteiger partial charge is 0.475 e. The van der Waals surface area contributed by atoms with Gasteiger partial charge in [0.15, 0.2) is 0 Å². The van der Waals surface area contributed by atoms with Gasteiger partial charge in [0.2, 0.25) is 5.88 Å². The Morgan fingerprint density at radius 1 is 1.38 bits per heavy atom. The van der Waals surface area contributed by atoms with Crippen LogP contribution < -0.4 is 15.4 Å². The van der Waals surface area contributed by atoms with Gasteiger partial charge in [0, 0.05) is 29.9 Å². The summed E-state index contributed by atoms with van der Waals surface area (Å²) in [6, 6.07) is 3.56. The highest BCUT2D eigenvalue weighted by molar-refractivity contribution is 7.09. The molecule has 1 aliphatic rings. The molecule has 24 heavy (non-hydrogen) atoms. The van der Waals surface area contributed by atoms with E-state index >= 15 is 0 Å². The number of hydrogen-bond acceptors (Lipinski definition) is 5. The predicted molar refractivity (Wildman–Crippen MR) is 93.0 cm³/mol. The molecule has 1 fully saturated rings. The number of nitrogens with one attached hydrogen (secondary N) is 2. The lowest BCUT2D eigenvalue weighted by Gasteiger charge is -2.17. The minimum atomic E-state index is -0.193. The number of hydrogen-bond donors (Lipinski definition) is 2. The second-order valence-corrected chi connectivity index (χ2v) is 7.07. The third-order valence-corrected chi connectivity index (χ3v) is 4.59. The highest BCUT2D eigenvalue weighted by atomic mass is 32.1. The normalized spacial score (nSPS) is 15.1. The summed E-state index contributed by atoms with van der Waals surface area (Å²) in [5, 5.41) is 8.85. The van der Waals surface area contributed by atoms with Crippen LogP contribution in [-0.2, 0) is 6.54 Å². The zero-order valence-electron chi connectivity index (χ0n) is 13.9. The summed E-state index contributed by atoms with van der Waals surface area (Å²) in [4.78, 5) is 20.9. The fraction of sp³-hybridized carbons (Fsp3) is 0.471. The van der Waals surface area contributed by atoms with Crippen molar-refractivity contribution in [3.63, 3.8) is 0 Å². The van der Waals surface area contributed by atoms with Crippen molar-refractivity contribution in [2.45, 2.75) is 45.4 Å². The minimum Gasteiger partial charge on any atom is -0.475 e. The molecule has 128 valence electrons. The van der Waals surface area contributed by atoms with Crippen LogP contribution in [0.1, 0.15) is 43.3 Å². The van der Waals surface area contributed by atoms with Crippen LogP contribution in [0.2, 0.25) is 0 Å². The van der Waals surface area contributed by atoms with Crippen LogP contribution in [0.15, 0.2) is 29.9 Å². The summed E-state index contributed by atoms with van der Waals surface area (Å²) in [5.41, 5.74) is 0.860.